The standard InChI is InChI=1S/C10H20N2O2/c1-7(2)12-6-10(11,4-8(12)3)5-9(13)14/h7-8H,4-6,11H2,1-3H3,(H,13,14). The van der Waals surface area contributed by atoms with Crippen molar-refractivity contribution in [1.29, 1.82) is 0 Å². The van der Waals surface area contributed by atoms with Gasteiger partial charge in [0.15, 0.2) is 0 Å². The molecule has 0 bridgehead atoms. The Bertz CT molecular complexity index is 230. The van der Waals surface area contributed by atoms with Crippen LogP contribution in [-0.2, 0) is 4.79 Å². The van der Waals surface area contributed by atoms with E-state index in [0.29, 0.717) is 18.6 Å². The van der Waals surface area contributed by atoms with E-state index in [4.69, 9.17) is 10.8 Å². The molecule has 0 aliphatic carbocycles. The summed E-state index contributed by atoms with van der Waals surface area (Å²) in [5.41, 5.74) is 5.52. The van der Waals surface area contributed by atoms with Gasteiger partial charge in [-0.1, -0.05) is 0 Å². The van der Waals surface area contributed by atoms with Gasteiger partial charge in [0.05, 0.1) is 6.42 Å². The smallest absolute Gasteiger partial charge is 0.305 e. The van der Waals surface area contributed by atoms with Crippen molar-refractivity contribution in [3.05, 3.63) is 0 Å². The molecule has 82 valence electrons. The fourth-order valence-electron chi connectivity index (χ4n) is 2.41. The molecular formula is C10H20N2O2. The quantitative estimate of drug-likeness (QED) is 0.702. The molecule has 3 N–H and O–H groups in total. The van der Waals surface area contributed by atoms with E-state index in [1.54, 1.807) is 0 Å². The molecule has 0 aromatic heterocycles. The summed E-state index contributed by atoms with van der Waals surface area (Å²) in [4.78, 5) is 12.9. The van der Waals surface area contributed by atoms with E-state index in [1.165, 1.54) is 0 Å². The molecule has 2 atom stereocenters. The molecule has 1 rings (SSSR count). The van der Waals surface area contributed by atoms with Gasteiger partial charge in [0.25, 0.3) is 0 Å². The fraction of sp³-hybridized carbons (Fsp3) is 0.900. The van der Waals surface area contributed by atoms with Crippen molar-refractivity contribution in [3.8, 4) is 0 Å². The van der Waals surface area contributed by atoms with E-state index in [9.17, 15) is 4.79 Å². The lowest BCUT2D eigenvalue weighted by Crippen LogP contribution is -2.45. The maximum absolute atomic E-state index is 10.6. The van der Waals surface area contributed by atoms with Gasteiger partial charge in [0.2, 0.25) is 0 Å². The highest BCUT2D eigenvalue weighted by Crippen LogP contribution is 2.29. The Hall–Kier alpha value is -0.610. The van der Waals surface area contributed by atoms with Gasteiger partial charge in [-0.15, -0.1) is 0 Å². The monoisotopic (exact) mass is 200 g/mol. The number of carboxylic acid groups (broad SMARTS) is 1. The average Bonchev–Trinajstić information content (AvgIpc) is 2.24. The lowest BCUT2D eigenvalue weighted by atomic mass is 9.94. The Morgan fingerprint density at radius 2 is 2.29 bits per heavy atom. The van der Waals surface area contributed by atoms with Crippen molar-refractivity contribution in [3.63, 3.8) is 0 Å². The maximum Gasteiger partial charge on any atom is 0.305 e. The third-order valence-electron chi connectivity index (χ3n) is 2.93. The first-order valence-electron chi connectivity index (χ1n) is 5.10. The molecule has 1 fully saturated rings. The fourth-order valence-corrected chi connectivity index (χ4v) is 2.41. The zero-order valence-electron chi connectivity index (χ0n) is 9.16. The van der Waals surface area contributed by atoms with Gasteiger partial charge in [0, 0.05) is 24.2 Å². The highest BCUT2D eigenvalue weighted by atomic mass is 16.4. The van der Waals surface area contributed by atoms with Crippen LogP contribution in [0.3, 0.4) is 0 Å². The minimum atomic E-state index is -0.801. The summed E-state index contributed by atoms with van der Waals surface area (Å²) in [7, 11) is 0. The van der Waals surface area contributed by atoms with Gasteiger partial charge < -0.3 is 10.8 Å². The highest BCUT2D eigenvalue weighted by Gasteiger charge is 2.41. The number of aliphatic carboxylic acids is 1. The zero-order chi connectivity index (χ0) is 10.9. The second kappa shape index (κ2) is 3.87. The van der Waals surface area contributed by atoms with Gasteiger partial charge in [-0.3, -0.25) is 9.69 Å². The third-order valence-corrected chi connectivity index (χ3v) is 2.93. The van der Waals surface area contributed by atoms with Crippen molar-refractivity contribution in [2.75, 3.05) is 6.54 Å². The Morgan fingerprint density at radius 1 is 1.71 bits per heavy atom. The van der Waals surface area contributed by atoms with E-state index >= 15 is 0 Å². The Kier molecular flexibility index (Phi) is 3.17. The van der Waals surface area contributed by atoms with Gasteiger partial charge >= 0.3 is 5.97 Å². The summed E-state index contributed by atoms with van der Waals surface area (Å²) >= 11 is 0. The van der Waals surface area contributed by atoms with Gasteiger partial charge in [-0.25, -0.2) is 0 Å². The first kappa shape index (κ1) is 11.5. The summed E-state index contributed by atoms with van der Waals surface area (Å²) in [6, 6.07) is 0.823. The van der Waals surface area contributed by atoms with Crippen LogP contribution in [0.1, 0.15) is 33.6 Å². The summed E-state index contributed by atoms with van der Waals surface area (Å²) in [5.74, 6) is -0.801. The number of nitrogens with zero attached hydrogens (tertiary/aromatic N) is 1. The third kappa shape index (κ3) is 2.45. The number of carbonyl (C=O) groups is 1. The van der Waals surface area contributed by atoms with E-state index in [2.05, 4.69) is 25.7 Å². The van der Waals surface area contributed by atoms with Crippen LogP contribution in [0.5, 0.6) is 0 Å². The van der Waals surface area contributed by atoms with Crippen LogP contribution in [0.2, 0.25) is 0 Å². The molecule has 4 heteroatoms. The van der Waals surface area contributed by atoms with Crippen LogP contribution < -0.4 is 5.73 Å². The Labute approximate surface area is 85.1 Å². The first-order valence-corrected chi connectivity index (χ1v) is 5.10. The average molecular weight is 200 g/mol. The van der Waals surface area contributed by atoms with Crippen molar-refractivity contribution >= 4 is 5.97 Å². The number of hydrogen-bond donors (Lipinski definition) is 2. The van der Waals surface area contributed by atoms with Crippen LogP contribution in [0, 0.1) is 0 Å². The number of nitrogens with two attached hydrogens (primary N) is 1. The molecule has 0 aromatic carbocycles. The molecule has 4 nitrogen and oxygen atoms in total. The first-order chi connectivity index (χ1) is 6.34. The number of rotatable bonds is 3. The largest absolute Gasteiger partial charge is 0.481 e. The second-order valence-electron chi connectivity index (χ2n) is 4.75. The molecule has 2 unspecified atom stereocenters. The van der Waals surface area contributed by atoms with Gasteiger partial charge in [-0.2, -0.15) is 0 Å². The topological polar surface area (TPSA) is 66.6 Å². The molecular weight excluding hydrogens is 180 g/mol. The summed E-state index contributed by atoms with van der Waals surface area (Å²) in [5, 5.41) is 8.75. The number of likely N-dealkylation sites (tertiary alicyclic amines) is 1. The van der Waals surface area contributed by atoms with Crippen LogP contribution in [0.25, 0.3) is 0 Å². The Morgan fingerprint density at radius 3 is 2.64 bits per heavy atom. The SMILES string of the molecule is CC(C)N1CC(N)(CC(=O)O)CC1C. The van der Waals surface area contributed by atoms with Crippen LogP contribution in [-0.4, -0.2) is 40.1 Å². The predicted molar refractivity (Wildman–Crippen MR) is 55.1 cm³/mol. The van der Waals surface area contributed by atoms with Crippen LogP contribution in [0.15, 0.2) is 0 Å². The summed E-state index contributed by atoms with van der Waals surface area (Å²) in [6.07, 6.45) is 0.845. The normalized spacial score (nSPS) is 33.9. The molecule has 1 heterocycles. The molecule has 1 saturated heterocycles. The number of hydrogen-bond acceptors (Lipinski definition) is 3. The zero-order valence-corrected chi connectivity index (χ0v) is 9.16. The predicted octanol–water partition coefficient (Wildman–Crippen LogP) is 0.661. The molecule has 0 amide bonds. The van der Waals surface area contributed by atoms with E-state index in [1.807, 2.05) is 0 Å². The van der Waals surface area contributed by atoms with E-state index in [-0.39, 0.29) is 6.42 Å². The number of carboxylic acids is 1. The van der Waals surface area contributed by atoms with Crippen molar-refractivity contribution < 1.29 is 9.90 Å². The van der Waals surface area contributed by atoms with Crippen LogP contribution in [0.4, 0.5) is 0 Å². The minimum Gasteiger partial charge on any atom is -0.481 e. The van der Waals surface area contributed by atoms with Crippen LogP contribution >= 0.6 is 0 Å². The summed E-state index contributed by atoms with van der Waals surface area (Å²) in [6.45, 7) is 7.03. The summed E-state index contributed by atoms with van der Waals surface area (Å²) < 4.78 is 0. The van der Waals surface area contributed by atoms with E-state index in [0.717, 1.165) is 6.42 Å². The van der Waals surface area contributed by atoms with Crippen molar-refractivity contribution in [1.82, 2.24) is 4.90 Å². The van der Waals surface area contributed by atoms with Gasteiger partial charge in [0.1, 0.15) is 0 Å². The Balaban J connectivity index is 2.65. The highest BCUT2D eigenvalue weighted by molar-refractivity contribution is 5.68. The minimum absolute atomic E-state index is 0.0700. The molecule has 0 saturated carbocycles. The molecule has 1 aliphatic rings. The molecule has 14 heavy (non-hydrogen) atoms. The molecule has 0 aromatic rings. The lowest BCUT2D eigenvalue weighted by Gasteiger charge is -2.26. The van der Waals surface area contributed by atoms with Crippen molar-refractivity contribution in [2.45, 2.75) is 51.2 Å². The molecule has 0 radical (unpaired) electrons. The molecule has 1 aliphatic heterocycles. The lowest BCUT2D eigenvalue weighted by molar-refractivity contribution is -0.138. The second-order valence-corrected chi connectivity index (χ2v) is 4.75. The van der Waals surface area contributed by atoms with Crippen molar-refractivity contribution in [2.24, 2.45) is 5.73 Å². The van der Waals surface area contributed by atoms with Gasteiger partial charge in [-0.05, 0) is 27.2 Å². The maximum atomic E-state index is 10.6. The van der Waals surface area contributed by atoms with E-state index < -0.39 is 11.5 Å². The molecule has 0 spiro atoms.